The van der Waals surface area contributed by atoms with E-state index >= 15 is 0 Å². The van der Waals surface area contributed by atoms with Crippen molar-refractivity contribution in [2.45, 2.75) is 6.10 Å². The average Bonchev–Trinajstić information content (AvgIpc) is 2.53. The van der Waals surface area contributed by atoms with E-state index in [1.807, 2.05) is 4.90 Å². The Morgan fingerprint density at radius 1 is 1.24 bits per heavy atom. The van der Waals surface area contributed by atoms with Crippen LogP contribution in [0.1, 0.15) is 0 Å². The van der Waals surface area contributed by atoms with Crippen LogP contribution in [0.2, 0.25) is 0 Å². The maximum Gasteiger partial charge on any atom is 0.253 e. The van der Waals surface area contributed by atoms with Crippen molar-refractivity contribution in [3.05, 3.63) is 12.7 Å². The number of morpholine rings is 2. The number of ether oxygens (including phenoxy) is 2. The molecule has 0 saturated carbocycles. The monoisotopic (exact) mass is 297 g/mol. The first-order valence-electron chi connectivity index (χ1n) is 7.29. The quantitative estimate of drug-likeness (QED) is 0.649. The van der Waals surface area contributed by atoms with Gasteiger partial charge in [-0.25, -0.2) is 0 Å². The van der Waals surface area contributed by atoms with Gasteiger partial charge in [-0.05, 0) is 0 Å². The van der Waals surface area contributed by atoms with Gasteiger partial charge >= 0.3 is 0 Å². The zero-order chi connectivity index (χ0) is 15.1. The van der Waals surface area contributed by atoms with E-state index in [2.05, 4.69) is 11.9 Å². The van der Waals surface area contributed by atoms with Gasteiger partial charge in [0.2, 0.25) is 5.91 Å². The molecule has 1 unspecified atom stereocenters. The maximum absolute atomic E-state index is 12.4. The number of hydrogen-bond acceptors (Lipinski definition) is 5. The van der Waals surface area contributed by atoms with Gasteiger partial charge in [-0.1, -0.05) is 6.08 Å². The van der Waals surface area contributed by atoms with E-state index in [1.165, 1.54) is 0 Å². The molecule has 2 saturated heterocycles. The van der Waals surface area contributed by atoms with E-state index < -0.39 is 6.10 Å². The average molecular weight is 297 g/mol. The van der Waals surface area contributed by atoms with Gasteiger partial charge in [0.1, 0.15) is 6.10 Å². The standard InChI is InChI=1S/C14H23N3O4/c1-2-3-15-13(18)11-16-4-9-21-12(10-16)14(19)17-5-7-20-8-6-17/h2,12H,1,3-11H2,(H,15,18). The number of nitrogens with one attached hydrogen (secondary N) is 1. The number of carbonyl (C=O) groups is 2. The molecule has 0 aromatic rings. The third-order valence-corrected chi connectivity index (χ3v) is 3.56. The Morgan fingerprint density at radius 2 is 2.00 bits per heavy atom. The number of amides is 2. The van der Waals surface area contributed by atoms with Crippen LogP contribution in [-0.4, -0.2) is 86.8 Å². The molecule has 0 spiro atoms. The Morgan fingerprint density at radius 3 is 2.71 bits per heavy atom. The summed E-state index contributed by atoms with van der Waals surface area (Å²) in [6, 6.07) is 0. The van der Waals surface area contributed by atoms with Crippen LogP contribution in [0.3, 0.4) is 0 Å². The fourth-order valence-electron chi connectivity index (χ4n) is 2.43. The second-order valence-electron chi connectivity index (χ2n) is 5.12. The summed E-state index contributed by atoms with van der Waals surface area (Å²) in [4.78, 5) is 27.8. The fourth-order valence-corrected chi connectivity index (χ4v) is 2.43. The highest BCUT2D eigenvalue weighted by Crippen LogP contribution is 2.10. The minimum Gasteiger partial charge on any atom is -0.378 e. The summed E-state index contributed by atoms with van der Waals surface area (Å²) in [7, 11) is 0. The normalized spacial score (nSPS) is 23.6. The Labute approximate surface area is 124 Å². The summed E-state index contributed by atoms with van der Waals surface area (Å²) in [5.41, 5.74) is 0. The number of rotatable bonds is 5. The lowest BCUT2D eigenvalue weighted by Crippen LogP contribution is -2.54. The van der Waals surface area contributed by atoms with Crippen molar-refractivity contribution in [3.63, 3.8) is 0 Å². The predicted octanol–water partition coefficient (Wildman–Crippen LogP) is -1.15. The van der Waals surface area contributed by atoms with Crippen LogP contribution in [0.4, 0.5) is 0 Å². The van der Waals surface area contributed by atoms with Gasteiger partial charge in [-0.3, -0.25) is 14.5 Å². The highest BCUT2D eigenvalue weighted by molar-refractivity contribution is 5.82. The Balaban J connectivity index is 1.80. The zero-order valence-electron chi connectivity index (χ0n) is 12.3. The van der Waals surface area contributed by atoms with Crippen molar-refractivity contribution in [2.75, 3.05) is 59.1 Å². The second kappa shape index (κ2) is 8.11. The Hall–Kier alpha value is -1.44. The smallest absolute Gasteiger partial charge is 0.253 e. The molecule has 0 aromatic carbocycles. The van der Waals surface area contributed by atoms with Crippen molar-refractivity contribution in [1.29, 1.82) is 0 Å². The molecule has 1 atom stereocenters. The molecular formula is C14H23N3O4. The van der Waals surface area contributed by atoms with E-state index in [4.69, 9.17) is 9.47 Å². The van der Waals surface area contributed by atoms with Gasteiger partial charge in [-0.15, -0.1) is 6.58 Å². The Bertz CT molecular complexity index is 382. The molecule has 2 fully saturated rings. The molecule has 2 amide bonds. The molecule has 21 heavy (non-hydrogen) atoms. The van der Waals surface area contributed by atoms with Crippen LogP contribution >= 0.6 is 0 Å². The van der Waals surface area contributed by atoms with Crippen molar-refractivity contribution in [3.8, 4) is 0 Å². The van der Waals surface area contributed by atoms with Crippen LogP contribution in [0.15, 0.2) is 12.7 Å². The number of nitrogens with zero attached hydrogens (tertiary/aromatic N) is 2. The van der Waals surface area contributed by atoms with Gasteiger partial charge in [-0.2, -0.15) is 0 Å². The SMILES string of the molecule is C=CCNC(=O)CN1CCOC(C(=O)N2CCOCC2)C1. The van der Waals surface area contributed by atoms with Crippen molar-refractivity contribution < 1.29 is 19.1 Å². The Kier molecular flexibility index (Phi) is 6.16. The molecule has 2 aliphatic heterocycles. The van der Waals surface area contributed by atoms with Crippen molar-refractivity contribution in [2.24, 2.45) is 0 Å². The molecule has 0 radical (unpaired) electrons. The molecule has 118 valence electrons. The lowest BCUT2D eigenvalue weighted by molar-refractivity contribution is -0.154. The first kappa shape index (κ1) is 15.9. The fraction of sp³-hybridized carbons (Fsp3) is 0.714. The van der Waals surface area contributed by atoms with Gasteiger partial charge in [0.05, 0.1) is 26.4 Å². The zero-order valence-corrected chi connectivity index (χ0v) is 12.3. The lowest BCUT2D eigenvalue weighted by atomic mass is 10.2. The van der Waals surface area contributed by atoms with Crippen LogP contribution in [0.5, 0.6) is 0 Å². The summed E-state index contributed by atoms with van der Waals surface area (Å²) in [6.07, 6.45) is 1.16. The van der Waals surface area contributed by atoms with Crippen molar-refractivity contribution >= 4 is 11.8 Å². The van der Waals surface area contributed by atoms with E-state index in [1.54, 1.807) is 11.0 Å². The highest BCUT2D eigenvalue weighted by Gasteiger charge is 2.31. The molecule has 0 bridgehead atoms. The molecule has 0 aromatic heterocycles. The third-order valence-electron chi connectivity index (χ3n) is 3.56. The van der Waals surface area contributed by atoms with Gasteiger partial charge < -0.3 is 19.7 Å². The first-order valence-corrected chi connectivity index (χ1v) is 7.29. The van der Waals surface area contributed by atoms with Gasteiger partial charge in [0, 0.05) is 32.7 Å². The molecule has 1 N–H and O–H groups in total. The minimum atomic E-state index is -0.482. The van der Waals surface area contributed by atoms with Crippen LogP contribution < -0.4 is 5.32 Å². The van der Waals surface area contributed by atoms with E-state index in [0.717, 1.165) is 0 Å². The third kappa shape index (κ3) is 4.80. The summed E-state index contributed by atoms with van der Waals surface area (Å²) >= 11 is 0. The first-order chi connectivity index (χ1) is 10.2. The number of carbonyl (C=O) groups excluding carboxylic acids is 2. The highest BCUT2D eigenvalue weighted by atomic mass is 16.5. The van der Waals surface area contributed by atoms with E-state index in [9.17, 15) is 9.59 Å². The lowest BCUT2D eigenvalue weighted by Gasteiger charge is -2.35. The van der Waals surface area contributed by atoms with Crippen LogP contribution in [-0.2, 0) is 19.1 Å². The molecule has 0 aliphatic carbocycles. The summed E-state index contributed by atoms with van der Waals surface area (Å²) in [5, 5.41) is 2.74. The minimum absolute atomic E-state index is 0.00509. The molecule has 7 heteroatoms. The van der Waals surface area contributed by atoms with Crippen molar-refractivity contribution in [1.82, 2.24) is 15.1 Å². The second-order valence-corrected chi connectivity index (χ2v) is 5.12. The summed E-state index contributed by atoms with van der Waals surface area (Å²) in [6.45, 7) is 8.25. The van der Waals surface area contributed by atoms with E-state index in [-0.39, 0.29) is 18.4 Å². The van der Waals surface area contributed by atoms with Crippen LogP contribution in [0.25, 0.3) is 0 Å². The van der Waals surface area contributed by atoms with Gasteiger partial charge in [0.15, 0.2) is 0 Å². The number of hydrogen-bond donors (Lipinski definition) is 1. The summed E-state index contributed by atoms with van der Waals surface area (Å²) in [5.74, 6) is -0.0659. The topological polar surface area (TPSA) is 71.1 Å². The largest absolute Gasteiger partial charge is 0.378 e. The molecule has 2 heterocycles. The van der Waals surface area contributed by atoms with Gasteiger partial charge in [0.25, 0.3) is 5.91 Å². The van der Waals surface area contributed by atoms with E-state index in [0.29, 0.717) is 52.5 Å². The molecule has 2 rings (SSSR count). The molecule has 7 nitrogen and oxygen atoms in total. The molecular weight excluding hydrogens is 274 g/mol. The molecule has 2 aliphatic rings. The summed E-state index contributed by atoms with van der Waals surface area (Å²) < 4.78 is 10.8. The maximum atomic E-state index is 12.4. The van der Waals surface area contributed by atoms with Crippen LogP contribution in [0, 0.1) is 0 Å². The predicted molar refractivity (Wildman–Crippen MR) is 76.8 cm³/mol.